The Morgan fingerprint density at radius 2 is 1.97 bits per heavy atom. The maximum Gasteiger partial charge on any atom is 0.231 e. The summed E-state index contributed by atoms with van der Waals surface area (Å²) in [5, 5.41) is 12.0. The van der Waals surface area contributed by atoms with Crippen molar-refractivity contribution in [3.63, 3.8) is 0 Å². The number of thiazole rings is 1. The molecule has 0 fully saturated rings. The predicted molar refractivity (Wildman–Crippen MR) is 121 cm³/mol. The highest BCUT2D eigenvalue weighted by Crippen LogP contribution is 2.47. The van der Waals surface area contributed by atoms with E-state index in [0.717, 1.165) is 37.9 Å². The van der Waals surface area contributed by atoms with Gasteiger partial charge < -0.3 is 19.6 Å². The number of nitrogens with one attached hydrogen (secondary N) is 1. The van der Waals surface area contributed by atoms with E-state index in [2.05, 4.69) is 9.97 Å². The van der Waals surface area contributed by atoms with E-state index in [0.29, 0.717) is 29.9 Å². The molecule has 2 aliphatic rings. The first-order valence-electron chi connectivity index (χ1n) is 10.1. The lowest BCUT2D eigenvalue weighted by Gasteiger charge is -2.30. The van der Waals surface area contributed by atoms with Gasteiger partial charge >= 0.3 is 0 Å². The van der Waals surface area contributed by atoms with Crippen LogP contribution in [0.25, 0.3) is 38.0 Å². The zero-order valence-electron chi connectivity index (χ0n) is 17.1. The highest BCUT2D eigenvalue weighted by atomic mass is 32.1. The van der Waals surface area contributed by atoms with Crippen LogP contribution in [-0.2, 0) is 4.79 Å². The largest absolute Gasteiger partial charge is 0.512 e. The number of Topliss-reactive ketones (excluding diaryl/α,β-unsaturated/α-hetero) is 1. The molecule has 31 heavy (non-hydrogen) atoms. The van der Waals surface area contributed by atoms with Crippen molar-refractivity contribution in [1.82, 2.24) is 9.97 Å². The molecule has 1 aliphatic heterocycles. The number of carbonyl (C=O) groups is 1. The number of nitrogens with zero attached hydrogens (tertiary/aromatic N) is 1. The lowest BCUT2D eigenvalue weighted by molar-refractivity contribution is -0.116. The molecule has 0 unspecified atom stereocenters. The van der Waals surface area contributed by atoms with Crippen molar-refractivity contribution in [3.8, 4) is 22.8 Å². The third-order valence-corrected chi connectivity index (χ3v) is 6.88. The van der Waals surface area contributed by atoms with Crippen LogP contribution >= 0.6 is 11.3 Å². The topological polar surface area (TPSA) is 84.4 Å². The Balaban J connectivity index is 1.70. The van der Waals surface area contributed by atoms with Crippen molar-refractivity contribution in [2.75, 3.05) is 6.79 Å². The standard InChI is InChI=1S/C24H20N2O4S/c1-24(2)8-15(27)20(16(28)9-24)21-19-13(4-5-14-23(19)31-10-25-14)26-22(21)12-3-6-17-18(7-12)30-11-29-17/h3-7,10,26-27H,8-9,11H2,1-2H3. The molecular weight excluding hydrogens is 412 g/mol. The molecule has 0 radical (unpaired) electrons. The molecule has 4 aromatic rings. The van der Waals surface area contributed by atoms with Crippen LogP contribution in [0.5, 0.6) is 11.5 Å². The zero-order chi connectivity index (χ0) is 21.3. The van der Waals surface area contributed by atoms with Gasteiger partial charge in [0.25, 0.3) is 0 Å². The summed E-state index contributed by atoms with van der Waals surface area (Å²) in [7, 11) is 0. The number of aromatic amines is 1. The van der Waals surface area contributed by atoms with Crippen molar-refractivity contribution in [3.05, 3.63) is 47.2 Å². The number of aliphatic hydroxyl groups is 1. The molecule has 2 N–H and O–H groups in total. The first-order chi connectivity index (χ1) is 14.9. The summed E-state index contributed by atoms with van der Waals surface area (Å²) in [5.41, 5.74) is 6.10. The van der Waals surface area contributed by atoms with Crippen LogP contribution in [0.2, 0.25) is 0 Å². The van der Waals surface area contributed by atoms with Crippen LogP contribution in [0.3, 0.4) is 0 Å². The molecule has 0 saturated heterocycles. The number of rotatable bonds is 2. The van der Waals surface area contributed by atoms with Gasteiger partial charge in [0.1, 0.15) is 5.76 Å². The molecule has 0 bridgehead atoms. The Hall–Kier alpha value is -3.32. The lowest BCUT2D eigenvalue weighted by atomic mass is 9.74. The van der Waals surface area contributed by atoms with Crippen molar-refractivity contribution in [2.45, 2.75) is 26.7 Å². The maximum absolute atomic E-state index is 13.3. The molecule has 0 spiro atoms. The summed E-state index contributed by atoms with van der Waals surface area (Å²) in [6.07, 6.45) is 0.846. The molecule has 6 nitrogen and oxygen atoms in total. The van der Waals surface area contributed by atoms with Crippen LogP contribution in [0.4, 0.5) is 0 Å². The number of aliphatic hydroxyl groups excluding tert-OH is 1. The second-order valence-corrected chi connectivity index (χ2v) is 9.75. The third-order valence-electron chi connectivity index (χ3n) is 6.02. The van der Waals surface area contributed by atoms with E-state index in [1.807, 2.05) is 44.2 Å². The number of ether oxygens (including phenoxy) is 2. The van der Waals surface area contributed by atoms with Gasteiger partial charge in [-0.1, -0.05) is 13.8 Å². The Kier molecular flexibility index (Phi) is 3.77. The predicted octanol–water partition coefficient (Wildman–Crippen LogP) is 5.83. The van der Waals surface area contributed by atoms with Gasteiger partial charge in [-0.05, 0) is 35.7 Å². The van der Waals surface area contributed by atoms with Gasteiger partial charge in [0.15, 0.2) is 17.3 Å². The van der Waals surface area contributed by atoms with Gasteiger partial charge in [-0.3, -0.25) is 4.79 Å². The number of aromatic nitrogens is 2. The SMILES string of the molecule is CC1(C)CC(=O)C(c2c(-c3ccc4c(c3)OCO4)[nH]c3ccc4ncsc4c23)=C(O)C1. The normalized spacial score (nSPS) is 17.8. The number of hydrogen-bond acceptors (Lipinski definition) is 6. The molecule has 0 amide bonds. The minimum Gasteiger partial charge on any atom is -0.512 e. The van der Waals surface area contributed by atoms with E-state index in [1.165, 1.54) is 11.3 Å². The summed E-state index contributed by atoms with van der Waals surface area (Å²) >= 11 is 1.53. The van der Waals surface area contributed by atoms with Gasteiger partial charge in [0, 0.05) is 34.9 Å². The second-order valence-electron chi connectivity index (χ2n) is 8.89. The molecule has 6 rings (SSSR count). The highest BCUT2D eigenvalue weighted by molar-refractivity contribution is 7.17. The number of hydrogen-bond donors (Lipinski definition) is 2. The first kappa shape index (κ1) is 18.4. The van der Waals surface area contributed by atoms with E-state index < -0.39 is 0 Å². The van der Waals surface area contributed by atoms with E-state index >= 15 is 0 Å². The fourth-order valence-electron chi connectivity index (χ4n) is 4.69. The van der Waals surface area contributed by atoms with Crippen molar-refractivity contribution in [2.24, 2.45) is 5.41 Å². The Morgan fingerprint density at radius 1 is 1.13 bits per heavy atom. The van der Waals surface area contributed by atoms with Gasteiger partial charge in [0.05, 0.1) is 27.0 Å². The number of allylic oxidation sites excluding steroid dienone is 2. The quantitative estimate of drug-likeness (QED) is 0.416. The minimum atomic E-state index is -0.268. The number of carbonyl (C=O) groups excluding carboxylic acids is 1. The second kappa shape index (κ2) is 6.34. The summed E-state index contributed by atoms with van der Waals surface area (Å²) in [6, 6.07) is 9.68. The van der Waals surface area contributed by atoms with Gasteiger partial charge in [-0.2, -0.15) is 0 Å². The molecule has 0 saturated carbocycles. The van der Waals surface area contributed by atoms with Gasteiger partial charge in [-0.15, -0.1) is 11.3 Å². The summed E-state index contributed by atoms with van der Waals surface area (Å²) in [5.74, 6) is 1.46. The van der Waals surface area contributed by atoms with E-state index in [4.69, 9.17) is 9.47 Å². The van der Waals surface area contributed by atoms with Crippen molar-refractivity contribution >= 4 is 43.8 Å². The molecule has 2 aromatic heterocycles. The summed E-state index contributed by atoms with van der Waals surface area (Å²) in [4.78, 5) is 21.3. The van der Waals surface area contributed by atoms with Crippen LogP contribution in [0, 0.1) is 5.41 Å². The molecule has 1 aliphatic carbocycles. The fraction of sp³-hybridized carbons (Fsp3) is 0.250. The van der Waals surface area contributed by atoms with Gasteiger partial charge in [0.2, 0.25) is 6.79 Å². The zero-order valence-corrected chi connectivity index (χ0v) is 17.9. The first-order valence-corrected chi connectivity index (χ1v) is 11.0. The van der Waals surface area contributed by atoms with Crippen LogP contribution in [-0.4, -0.2) is 27.7 Å². The monoisotopic (exact) mass is 432 g/mol. The number of fused-ring (bicyclic) bond motifs is 4. The number of benzene rings is 2. The van der Waals surface area contributed by atoms with Crippen LogP contribution < -0.4 is 9.47 Å². The van der Waals surface area contributed by atoms with Gasteiger partial charge in [-0.25, -0.2) is 4.98 Å². The molecule has 2 aromatic carbocycles. The smallest absolute Gasteiger partial charge is 0.231 e. The fourth-order valence-corrected chi connectivity index (χ4v) is 5.54. The maximum atomic E-state index is 13.3. The van der Waals surface area contributed by atoms with Crippen LogP contribution in [0.1, 0.15) is 32.3 Å². The average molecular weight is 433 g/mol. The Bertz CT molecular complexity index is 1430. The molecule has 0 atom stereocenters. The molecule has 7 heteroatoms. The molecule has 156 valence electrons. The van der Waals surface area contributed by atoms with E-state index in [9.17, 15) is 9.90 Å². The van der Waals surface area contributed by atoms with E-state index in [1.54, 1.807) is 5.51 Å². The molecule has 3 heterocycles. The summed E-state index contributed by atoms with van der Waals surface area (Å²) in [6.45, 7) is 4.21. The summed E-state index contributed by atoms with van der Waals surface area (Å²) < 4.78 is 12.0. The van der Waals surface area contributed by atoms with Crippen molar-refractivity contribution < 1.29 is 19.4 Å². The number of H-pyrrole nitrogens is 1. The highest BCUT2D eigenvalue weighted by Gasteiger charge is 2.36. The Labute approximate surface area is 182 Å². The average Bonchev–Trinajstić information content (AvgIpc) is 3.43. The number of ketones is 1. The third kappa shape index (κ3) is 2.76. The van der Waals surface area contributed by atoms with Crippen LogP contribution in [0.15, 0.2) is 41.6 Å². The van der Waals surface area contributed by atoms with E-state index in [-0.39, 0.29) is 23.8 Å². The lowest BCUT2D eigenvalue weighted by Crippen LogP contribution is -2.25. The molecular formula is C24H20N2O4S. The van der Waals surface area contributed by atoms with Crippen molar-refractivity contribution in [1.29, 1.82) is 0 Å². The Morgan fingerprint density at radius 3 is 2.81 bits per heavy atom. The minimum absolute atomic E-state index is 0.0434.